The molecule has 0 saturated heterocycles. The number of rotatable bonds is 48. The lowest BCUT2D eigenvalue weighted by Gasteiger charge is -2.20. The highest BCUT2D eigenvalue weighted by Gasteiger charge is 2.18. The molecule has 0 rings (SSSR count). The number of carbonyl (C=O) groups excluding carboxylic acids is 2. The van der Waals surface area contributed by atoms with Gasteiger partial charge in [-0.05, 0) is 64.2 Å². The van der Waals surface area contributed by atoms with E-state index < -0.39 is 12.1 Å². The van der Waals surface area contributed by atoms with Crippen molar-refractivity contribution >= 4 is 11.9 Å². The van der Waals surface area contributed by atoms with Crippen LogP contribution >= 0.6 is 0 Å². The molecule has 0 spiro atoms. The fraction of sp³-hybridized carbons (Fsp3) is 0.852. The monoisotopic (exact) mass is 844 g/mol. The van der Waals surface area contributed by atoms with Gasteiger partial charge in [-0.25, -0.2) is 0 Å². The van der Waals surface area contributed by atoms with Crippen LogP contribution in [0.15, 0.2) is 36.5 Å². The van der Waals surface area contributed by atoms with Crippen LogP contribution in [0.25, 0.3) is 0 Å². The number of ether oxygens (including phenoxy) is 1. The lowest BCUT2D eigenvalue weighted by atomic mass is 10.0. The van der Waals surface area contributed by atoms with Gasteiger partial charge in [0.25, 0.3) is 0 Å². The molecule has 6 heteroatoms. The Morgan fingerprint density at radius 2 is 0.833 bits per heavy atom. The van der Waals surface area contributed by atoms with Gasteiger partial charge in [0.05, 0.1) is 25.4 Å². The molecule has 0 aromatic carbocycles. The number of aliphatic hydroxyl groups is 2. The quantitative estimate of drug-likeness (QED) is 0.0322. The summed E-state index contributed by atoms with van der Waals surface area (Å²) in [6.45, 7) is 4.82. The molecule has 6 nitrogen and oxygen atoms in total. The van der Waals surface area contributed by atoms with Crippen LogP contribution in [-0.4, -0.2) is 47.4 Å². The van der Waals surface area contributed by atoms with Gasteiger partial charge in [-0.15, -0.1) is 0 Å². The molecular formula is C54H101NO5. The van der Waals surface area contributed by atoms with Crippen LogP contribution in [0.5, 0.6) is 0 Å². The van der Waals surface area contributed by atoms with Crippen LogP contribution in [0.3, 0.4) is 0 Å². The van der Waals surface area contributed by atoms with E-state index in [4.69, 9.17) is 4.74 Å². The highest BCUT2D eigenvalue weighted by molar-refractivity contribution is 5.76. The van der Waals surface area contributed by atoms with Crippen molar-refractivity contribution < 1.29 is 24.5 Å². The number of nitrogens with one attached hydrogen (secondary N) is 1. The van der Waals surface area contributed by atoms with Gasteiger partial charge in [0.2, 0.25) is 5.91 Å². The first-order valence-electron chi connectivity index (χ1n) is 26.3. The third-order valence-corrected chi connectivity index (χ3v) is 11.9. The van der Waals surface area contributed by atoms with Gasteiger partial charge in [0.1, 0.15) is 0 Å². The van der Waals surface area contributed by atoms with Gasteiger partial charge in [-0.1, -0.05) is 230 Å². The number of amides is 1. The van der Waals surface area contributed by atoms with Crippen molar-refractivity contribution in [2.24, 2.45) is 0 Å². The molecule has 0 bridgehead atoms. The zero-order valence-electron chi connectivity index (χ0n) is 39.9. The summed E-state index contributed by atoms with van der Waals surface area (Å²) < 4.78 is 5.45. The summed E-state index contributed by atoms with van der Waals surface area (Å²) in [5.41, 5.74) is 0. The number of hydrogen-bond acceptors (Lipinski definition) is 5. The molecule has 0 heterocycles. The molecule has 2 atom stereocenters. The minimum atomic E-state index is -0.863. The first-order valence-corrected chi connectivity index (χ1v) is 26.3. The second-order valence-corrected chi connectivity index (χ2v) is 17.9. The topological polar surface area (TPSA) is 95.9 Å². The maximum atomic E-state index is 12.4. The number of unbranched alkanes of at least 4 members (excludes halogenated alkanes) is 33. The van der Waals surface area contributed by atoms with E-state index in [2.05, 4.69) is 43.5 Å². The normalized spacial score (nSPS) is 12.9. The third kappa shape index (κ3) is 45.6. The van der Waals surface area contributed by atoms with Crippen molar-refractivity contribution in [3.8, 4) is 0 Å². The van der Waals surface area contributed by atoms with E-state index in [0.717, 1.165) is 70.6 Å². The molecule has 0 saturated carbocycles. The largest absolute Gasteiger partial charge is 0.466 e. The Hall–Kier alpha value is -1.92. The SMILES string of the molecule is CCCCCC/C=C\C/C=C\CCCCCCCC(=O)OCCCCCCCCCCCC(=O)NC(CO)C(O)/C=C/CCCCCCCCCCCCCCCCCC. The maximum absolute atomic E-state index is 12.4. The van der Waals surface area contributed by atoms with Crippen molar-refractivity contribution in [3.63, 3.8) is 0 Å². The Morgan fingerprint density at radius 3 is 1.28 bits per heavy atom. The van der Waals surface area contributed by atoms with Crippen molar-refractivity contribution in [2.75, 3.05) is 13.2 Å². The predicted molar refractivity (Wildman–Crippen MR) is 259 cm³/mol. The molecule has 0 aromatic heterocycles. The maximum Gasteiger partial charge on any atom is 0.305 e. The number of allylic oxidation sites excluding steroid dienone is 5. The van der Waals surface area contributed by atoms with Crippen LogP contribution in [0.2, 0.25) is 0 Å². The molecule has 2 unspecified atom stereocenters. The van der Waals surface area contributed by atoms with E-state index in [-0.39, 0.29) is 18.5 Å². The Bertz CT molecular complexity index is 977. The van der Waals surface area contributed by atoms with Gasteiger partial charge < -0.3 is 20.3 Å². The second-order valence-electron chi connectivity index (χ2n) is 17.9. The molecule has 0 aliphatic rings. The summed E-state index contributed by atoms with van der Waals surface area (Å²) in [5.74, 6) is -0.137. The summed E-state index contributed by atoms with van der Waals surface area (Å²) in [5, 5.41) is 23.1. The predicted octanol–water partition coefficient (Wildman–Crippen LogP) is 15.7. The Kier molecular flexibility index (Phi) is 48.1. The molecule has 352 valence electrons. The highest BCUT2D eigenvalue weighted by atomic mass is 16.5. The minimum Gasteiger partial charge on any atom is -0.466 e. The highest BCUT2D eigenvalue weighted by Crippen LogP contribution is 2.15. The zero-order valence-corrected chi connectivity index (χ0v) is 39.9. The molecule has 0 aromatic rings. The van der Waals surface area contributed by atoms with E-state index in [1.807, 2.05) is 6.08 Å². The zero-order chi connectivity index (χ0) is 43.7. The Labute approximate surface area is 373 Å². The van der Waals surface area contributed by atoms with Gasteiger partial charge in [-0.3, -0.25) is 9.59 Å². The molecule has 0 radical (unpaired) electrons. The molecule has 1 amide bonds. The standard InChI is InChI=1S/C54H101NO5/c1-3-5-7-9-11-13-15-17-19-21-22-23-25-27-30-34-38-42-46-52(57)51(50-56)55-53(58)47-43-39-35-31-29-33-37-41-45-49-60-54(59)48-44-40-36-32-28-26-24-20-18-16-14-12-10-8-6-4-2/h14,16,20,24,42,46,51-52,56-57H,3-13,15,17-19,21-23,25-41,43-45,47-50H2,1-2H3,(H,55,58)/b16-14-,24-20-,46-42+. The second kappa shape index (κ2) is 49.7. The minimum absolute atomic E-state index is 0.0409. The van der Waals surface area contributed by atoms with E-state index in [0.29, 0.717) is 19.4 Å². The number of carbonyl (C=O) groups is 2. The van der Waals surface area contributed by atoms with Crippen molar-refractivity contribution in [2.45, 2.75) is 283 Å². The molecule has 60 heavy (non-hydrogen) atoms. The van der Waals surface area contributed by atoms with Gasteiger partial charge >= 0.3 is 5.97 Å². The van der Waals surface area contributed by atoms with Gasteiger partial charge in [-0.2, -0.15) is 0 Å². The van der Waals surface area contributed by atoms with Crippen LogP contribution in [0.1, 0.15) is 271 Å². The molecule has 0 fully saturated rings. The van der Waals surface area contributed by atoms with E-state index >= 15 is 0 Å². The van der Waals surface area contributed by atoms with Crippen LogP contribution in [0, 0.1) is 0 Å². The van der Waals surface area contributed by atoms with Crippen LogP contribution < -0.4 is 5.32 Å². The van der Waals surface area contributed by atoms with Gasteiger partial charge in [0.15, 0.2) is 0 Å². The summed E-state index contributed by atoms with van der Waals surface area (Å²) in [6.07, 6.45) is 60.0. The van der Waals surface area contributed by atoms with Crippen LogP contribution in [-0.2, 0) is 14.3 Å². The Balaban J connectivity index is 3.54. The molecule has 0 aliphatic heterocycles. The lowest BCUT2D eigenvalue weighted by molar-refractivity contribution is -0.143. The Morgan fingerprint density at radius 1 is 0.467 bits per heavy atom. The van der Waals surface area contributed by atoms with Crippen molar-refractivity contribution in [1.82, 2.24) is 5.32 Å². The molecule has 0 aliphatic carbocycles. The lowest BCUT2D eigenvalue weighted by Crippen LogP contribution is -2.45. The van der Waals surface area contributed by atoms with Gasteiger partial charge in [0, 0.05) is 12.8 Å². The van der Waals surface area contributed by atoms with Crippen molar-refractivity contribution in [1.29, 1.82) is 0 Å². The summed E-state index contributed by atoms with van der Waals surface area (Å²) >= 11 is 0. The number of esters is 1. The van der Waals surface area contributed by atoms with E-state index in [1.165, 1.54) is 173 Å². The van der Waals surface area contributed by atoms with Crippen molar-refractivity contribution in [3.05, 3.63) is 36.5 Å². The molecular weight excluding hydrogens is 743 g/mol. The number of aliphatic hydroxyl groups excluding tert-OH is 2. The summed E-state index contributed by atoms with van der Waals surface area (Å²) in [6, 6.07) is -0.650. The van der Waals surface area contributed by atoms with E-state index in [9.17, 15) is 19.8 Å². The smallest absolute Gasteiger partial charge is 0.305 e. The molecule has 3 N–H and O–H groups in total. The fourth-order valence-electron chi connectivity index (χ4n) is 7.84. The number of hydrogen-bond donors (Lipinski definition) is 3. The summed E-state index contributed by atoms with van der Waals surface area (Å²) in [7, 11) is 0. The van der Waals surface area contributed by atoms with Crippen LogP contribution in [0.4, 0.5) is 0 Å². The first-order chi connectivity index (χ1) is 29.5. The third-order valence-electron chi connectivity index (χ3n) is 11.9. The average Bonchev–Trinajstić information content (AvgIpc) is 3.25. The summed E-state index contributed by atoms with van der Waals surface area (Å²) in [4.78, 5) is 24.5. The first kappa shape index (κ1) is 58.1. The fourth-order valence-corrected chi connectivity index (χ4v) is 7.84. The average molecular weight is 844 g/mol. The van der Waals surface area contributed by atoms with E-state index in [1.54, 1.807) is 6.08 Å².